The summed E-state index contributed by atoms with van der Waals surface area (Å²) in [5, 5.41) is 5.13. The Hall–Kier alpha value is -1.03. The van der Waals surface area contributed by atoms with Crippen LogP contribution in [0.15, 0.2) is 28.7 Å². The van der Waals surface area contributed by atoms with Gasteiger partial charge in [0, 0.05) is 29.6 Å². The molecule has 0 aliphatic carbocycles. The molecule has 3 nitrogen and oxygen atoms in total. The molecule has 1 aromatic carbocycles. The van der Waals surface area contributed by atoms with Crippen molar-refractivity contribution in [3.63, 3.8) is 0 Å². The van der Waals surface area contributed by atoms with Gasteiger partial charge in [0.05, 0.1) is 6.10 Å². The summed E-state index contributed by atoms with van der Waals surface area (Å²) in [7, 11) is 0. The van der Waals surface area contributed by atoms with Gasteiger partial charge in [0.25, 0.3) is 0 Å². The predicted molar refractivity (Wildman–Crippen MR) is 76.5 cm³/mol. The van der Waals surface area contributed by atoms with Crippen molar-refractivity contribution in [3.8, 4) is 0 Å². The van der Waals surface area contributed by atoms with E-state index in [1.165, 1.54) is 0 Å². The van der Waals surface area contributed by atoms with Crippen molar-refractivity contribution in [1.29, 1.82) is 0 Å². The van der Waals surface area contributed by atoms with E-state index in [1.54, 1.807) is 0 Å². The lowest BCUT2D eigenvalue weighted by molar-refractivity contribution is 0.0881. The van der Waals surface area contributed by atoms with Gasteiger partial charge in [-0.2, -0.15) is 0 Å². The molecule has 2 atom stereocenters. The predicted octanol–water partition coefficient (Wildman–Crippen LogP) is 3.74. The smallest absolute Gasteiger partial charge is 0.199 e. The number of hydrogen-bond donors (Lipinski definition) is 1. The fourth-order valence-corrected chi connectivity index (χ4v) is 2.84. The van der Waals surface area contributed by atoms with E-state index in [1.807, 2.05) is 24.3 Å². The van der Waals surface area contributed by atoms with E-state index in [0.717, 1.165) is 29.6 Å². The molecule has 3 rings (SSSR count). The number of ether oxygens (including phenoxy) is 1. The summed E-state index contributed by atoms with van der Waals surface area (Å²) >= 11 is 6.20. The molecule has 1 saturated heterocycles. The molecule has 19 heavy (non-hydrogen) atoms. The van der Waals surface area contributed by atoms with E-state index >= 15 is 0 Å². The summed E-state index contributed by atoms with van der Waals surface area (Å²) in [6.45, 7) is 5.81. The minimum Gasteiger partial charge on any atom is -0.444 e. The number of rotatable bonds is 3. The van der Waals surface area contributed by atoms with Crippen LogP contribution in [0.2, 0.25) is 5.22 Å². The second-order valence-corrected chi connectivity index (χ2v) is 5.73. The third kappa shape index (κ3) is 2.27. The van der Waals surface area contributed by atoms with Crippen LogP contribution in [0.5, 0.6) is 0 Å². The summed E-state index contributed by atoms with van der Waals surface area (Å²) in [4.78, 5) is 0. The van der Waals surface area contributed by atoms with Crippen LogP contribution in [-0.4, -0.2) is 18.2 Å². The maximum Gasteiger partial charge on any atom is 0.199 e. The molecule has 102 valence electrons. The van der Waals surface area contributed by atoms with Crippen molar-refractivity contribution in [2.75, 3.05) is 6.61 Å². The van der Waals surface area contributed by atoms with E-state index in [2.05, 4.69) is 19.2 Å². The molecule has 2 heterocycles. The van der Waals surface area contributed by atoms with Crippen molar-refractivity contribution < 1.29 is 9.15 Å². The van der Waals surface area contributed by atoms with Gasteiger partial charge in [0.2, 0.25) is 0 Å². The van der Waals surface area contributed by atoms with Crippen molar-refractivity contribution in [3.05, 3.63) is 35.0 Å². The normalized spacial score (nSPS) is 27.2. The largest absolute Gasteiger partial charge is 0.444 e. The highest BCUT2D eigenvalue weighted by Gasteiger charge is 2.36. The van der Waals surface area contributed by atoms with Crippen molar-refractivity contribution in [1.82, 2.24) is 5.32 Å². The Morgan fingerprint density at radius 2 is 2.21 bits per heavy atom. The van der Waals surface area contributed by atoms with Crippen LogP contribution >= 0.6 is 11.6 Å². The molecule has 0 bridgehead atoms. The third-order valence-electron chi connectivity index (χ3n) is 4.20. The molecule has 2 unspecified atom stereocenters. The van der Waals surface area contributed by atoms with Crippen LogP contribution in [0.4, 0.5) is 0 Å². The molecule has 1 aliphatic rings. The van der Waals surface area contributed by atoms with E-state index in [4.69, 9.17) is 20.8 Å². The van der Waals surface area contributed by atoms with Gasteiger partial charge in [0.1, 0.15) is 5.58 Å². The van der Waals surface area contributed by atoms with Gasteiger partial charge in [-0.05, 0) is 37.9 Å². The maximum atomic E-state index is 6.20. The number of nitrogens with one attached hydrogen (secondary N) is 1. The Labute approximate surface area is 117 Å². The first kappa shape index (κ1) is 13.0. The van der Waals surface area contributed by atoms with Crippen LogP contribution in [0.25, 0.3) is 11.0 Å². The van der Waals surface area contributed by atoms with Gasteiger partial charge in [-0.25, -0.2) is 0 Å². The summed E-state index contributed by atoms with van der Waals surface area (Å²) in [5.74, 6) is 0. The van der Waals surface area contributed by atoms with Crippen LogP contribution in [0, 0.1) is 0 Å². The Kier molecular flexibility index (Phi) is 3.29. The summed E-state index contributed by atoms with van der Waals surface area (Å²) in [5.41, 5.74) is 1.87. The molecular formula is C15H18ClNO2. The number of para-hydroxylation sites is 1. The summed E-state index contributed by atoms with van der Waals surface area (Å²) < 4.78 is 11.2. The minimum atomic E-state index is 0.00169. The highest BCUT2D eigenvalue weighted by Crippen LogP contribution is 2.31. The van der Waals surface area contributed by atoms with Crippen molar-refractivity contribution >= 4 is 22.6 Å². The quantitative estimate of drug-likeness (QED) is 0.929. The lowest BCUT2D eigenvalue weighted by Gasteiger charge is -2.29. The van der Waals surface area contributed by atoms with E-state index < -0.39 is 0 Å². The zero-order valence-electron chi connectivity index (χ0n) is 11.2. The van der Waals surface area contributed by atoms with Crippen molar-refractivity contribution in [2.24, 2.45) is 0 Å². The Morgan fingerprint density at radius 3 is 2.95 bits per heavy atom. The Morgan fingerprint density at radius 1 is 1.42 bits per heavy atom. The third-order valence-corrected chi connectivity index (χ3v) is 4.51. The zero-order valence-corrected chi connectivity index (χ0v) is 12.0. The monoisotopic (exact) mass is 279 g/mol. The van der Waals surface area contributed by atoms with Crippen LogP contribution in [0.3, 0.4) is 0 Å². The van der Waals surface area contributed by atoms with E-state index in [-0.39, 0.29) is 11.6 Å². The van der Waals surface area contributed by atoms with Gasteiger partial charge < -0.3 is 14.5 Å². The van der Waals surface area contributed by atoms with E-state index in [9.17, 15) is 0 Å². The second kappa shape index (κ2) is 4.82. The Bertz CT molecular complexity index is 595. The first-order valence-electron chi connectivity index (χ1n) is 6.63. The van der Waals surface area contributed by atoms with E-state index in [0.29, 0.717) is 11.8 Å². The van der Waals surface area contributed by atoms with Gasteiger partial charge >= 0.3 is 0 Å². The van der Waals surface area contributed by atoms with Gasteiger partial charge in [0.15, 0.2) is 5.22 Å². The molecule has 0 saturated carbocycles. The summed E-state index contributed by atoms with van der Waals surface area (Å²) in [6.07, 6.45) is 1.23. The highest BCUT2D eigenvalue weighted by molar-refractivity contribution is 6.30. The minimum absolute atomic E-state index is 0.00169. The molecule has 1 aromatic heterocycles. The Balaban J connectivity index is 1.84. The van der Waals surface area contributed by atoms with Gasteiger partial charge in [-0.3, -0.25) is 0 Å². The molecule has 0 radical (unpaired) electrons. The number of hydrogen-bond acceptors (Lipinski definition) is 3. The fraction of sp³-hybridized carbons (Fsp3) is 0.467. The molecule has 2 aromatic rings. The molecule has 4 heteroatoms. The molecule has 0 spiro atoms. The van der Waals surface area contributed by atoms with Crippen molar-refractivity contribution in [2.45, 2.75) is 38.5 Å². The summed E-state index contributed by atoms with van der Waals surface area (Å²) in [6, 6.07) is 7.93. The van der Waals surface area contributed by atoms with Gasteiger partial charge in [-0.15, -0.1) is 0 Å². The average Bonchev–Trinajstić information content (AvgIpc) is 2.88. The number of halogens is 1. The fourth-order valence-electron chi connectivity index (χ4n) is 2.59. The van der Waals surface area contributed by atoms with Crippen LogP contribution < -0.4 is 5.32 Å². The zero-order chi connectivity index (χ0) is 13.5. The second-order valence-electron chi connectivity index (χ2n) is 5.38. The van der Waals surface area contributed by atoms with Gasteiger partial charge in [-0.1, -0.05) is 18.2 Å². The first-order chi connectivity index (χ1) is 9.10. The topological polar surface area (TPSA) is 34.4 Å². The van der Waals surface area contributed by atoms with Crippen LogP contribution in [0.1, 0.15) is 25.8 Å². The maximum absolute atomic E-state index is 6.20. The first-order valence-corrected chi connectivity index (χ1v) is 7.00. The SMILES string of the molecule is CC1OCCC1(C)NCc1c(Cl)oc2ccccc12. The average molecular weight is 280 g/mol. The lowest BCUT2D eigenvalue weighted by Crippen LogP contribution is -2.47. The highest BCUT2D eigenvalue weighted by atomic mass is 35.5. The number of fused-ring (bicyclic) bond motifs is 1. The lowest BCUT2D eigenvalue weighted by atomic mass is 9.94. The molecule has 1 N–H and O–H groups in total. The molecule has 0 amide bonds. The van der Waals surface area contributed by atoms with Crippen LogP contribution in [-0.2, 0) is 11.3 Å². The number of benzene rings is 1. The molecule has 1 aliphatic heterocycles. The molecule has 1 fully saturated rings. The standard InChI is InChI=1S/C15H18ClNO2/c1-10-15(2,7-8-18-10)17-9-12-11-5-3-4-6-13(11)19-14(12)16/h3-6,10,17H,7-9H2,1-2H3. The molecular weight excluding hydrogens is 262 g/mol. The number of furan rings is 1.